The highest BCUT2D eigenvalue weighted by atomic mass is 16.5. The predicted octanol–water partition coefficient (Wildman–Crippen LogP) is 3.29. The van der Waals surface area contributed by atoms with Crippen LogP contribution in [0.25, 0.3) is 22.7 Å². The molecule has 1 atom stereocenters. The van der Waals surface area contributed by atoms with E-state index in [1.54, 1.807) is 24.8 Å². The number of nitrogen functional groups attached to an aromatic ring is 1. The van der Waals surface area contributed by atoms with Crippen LogP contribution in [0.15, 0.2) is 53.6 Å². The zero-order chi connectivity index (χ0) is 23.7. The van der Waals surface area contributed by atoms with Gasteiger partial charge in [0.2, 0.25) is 5.95 Å². The maximum Gasteiger partial charge on any atom is 0.278 e. The van der Waals surface area contributed by atoms with E-state index in [0.717, 1.165) is 29.5 Å². The van der Waals surface area contributed by atoms with Crippen molar-refractivity contribution in [3.63, 3.8) is 0 Å². The summed E-state index contributed by atoms with van der Waals surface area (Å²) >= 11 is 0. The van der Waals surface area contributed by atoms with Crippen molar-refractivity contribution in [1.82, 2.24) is 30.1 Å². The number of hydrogen-bond acceptors (Lipinski definition) is 10. The second kappa shape index (κ2) is 8.79. The quantitative estimate of drug-likeness (QED) is 0.359. The third-order valence-corrected chi connectivity index (χ3v) is 5.82. The largest absolute Gasteiger partial charge is 0.394 e. The van der Waals surface area contributed by atoms with Crippen LogP contribution in [-0.4, -0.2) is 47.3 Å². The number of nitrogens with zero attached hydrogens (tertiary/aromatic N) is 6. The molecule has 0 aliphatic heterocycles. The SMILES string of the molecule is CC(C)(CO)Nc1cnc(-c2nc(C(c3ccc(-c4cnc(N)nc4)cc3)C3CC3)no2)cn1. The molecule has 10 heteroatoms. The molecule has 1 aliphatic carbocycles. The van der Waals surface area contributed by atoms with E-state index in [4.69, 9.17) is 10.3 Å². The molecule has 3 aromatic heterocycles. The zero-order valence-corrected chi connectivity index (χ0v) is 19.0. The lowest BCUT2D eigenvalue weighted by molar-refractivity contribution is 0.234. The van der Waals surface area contributed by atoms with Crippen molar-refractivity contribution >= 4 is 11.8 Å². The fourth-order valence-corrected chi connectivity index (χ4v) is 3.79. The summed E-state index contributed by atoms with van der Waals surface area (Å²) in [6.07, 6.45) is 8.87. The van der Waals surface area contributed by atoms with E-state index >= 15 is 0 Å². The minimum absolute atomic E-state index is 0.0270. The van der Waals surface area contributed by atoms with Crippen LogP contribution in [0.5, 0.6) is 0 Å². The molecule has 0 saturated heterocycles. The molecular formula is C24H26N8O2. The zero-order valence-electron chi connectivity index (χ0n) is 19.0. The summed E-state index contributed by atoms with van der Waals surface area (Å²) in [5.74, 6) is 2.32. The Labute approximate surface area is 196 Å². The van der Waals surface area contributed by atoms with Crippen LogP contribution in [0, 0.1) is 5.92 Å². The summed E-state index contributed by atoms with van der Waals surface area (Å²) in [7, 11) is 0. The standard InChI is InChI=1S/C24H26N8O2/c1-24(2,13-33)31-19-12-26-18(11-27-19)22-30-21(32-34-22)20(16-7-8-16)15-5-3-14(4-6-15)17-9-28-23(25)29-10-17/h3-6,9-12,16,20,33H,7-8,13H2,1-2H3,(H,27,31)(H2,25,28,29). The smallest absolute Gasteiger partial charge is 0.278 e. The normalized spacial score (nSPS) is 14.7. The van der Waals surface area contributed by atoms with Crippen molar-refractivity contribution in [3.05, 3.63) is 60.4 Å². The highest BCUT2D eigenvalue weighted by Gasteiger charge is 2.36. The third-order valence-electron chi connectivity index (χ3n) is 5.82. The molecule has 4 aromatic rings. The third kappa shape index (κ3) is 4.72. The number of benzene rings is 1. The van der Waals surface area contributed by atoms with Gasteiger partial charge in [-0.1, -0.05) is 29.4 Å². The van der Waals surface area contributed by atoms with Gasteiger partial charge in [-0.15, -0.1) is 0 Å². The fraction of sp³-hybridized carbons (Fsp3) is 0.333. The van der Waals surface area contributed by atoms with Crippen LogP contribution in [0.4, 0.5) is 11.8 Å². The fourth-order valence-electron chi connectivity index (χ4n) is 3.79. The van der Waals surface area contributed by atoms with Crippen LogP contribution < -0.4 is 11.1 Å². The van der Waals surface area contributed by atoms with Gasteiger partial charge in [-0.3, -0.25) is 0 Å². The van der Waals surface area contributed by atoms with Crippen molar-refractivity contribution in [2.75, 3.05) is 17.7 Å². The Balaban J connectivity index is 1.36. The van der Waals surface area contributed by atoms with E-state index in [2.05, 4.69) is 47.5 Å². The number of anilines is 2. The molecule has 174 valence electrons. The average molecular weight is 459 g/mol. The Bertz CT molecular complexity index is 1250. The van der Waals surface area contributed by atoms with E-state index in [-0.39, 0.29) is 18.5 Å². The summed E-state index contributed by atoms with van der Waals surface area (Å²) in [4.78, 5) is 21.5. The van der Waals surface area contributed by atoms with Gasteiger partial charge >= 0.3 is 0 Å². The Kier molecular flexibility index (Phi) is 5.66. The molecule has 0 spiro atoms. The topological polar surface area (TPSA) is 149 Å². The summed E-state index contributed by atoms with van der Waals surface area (Å²) in [6.45, 7) is 3.72. The van der Waals surface area contributed by atoms with E-state index in [9.17, 15) is 5.11 Å². The average Bonchev–Trinajstić information content (AvgIpc) is 3.56. The van der Waals surface area contributed by atoms with E-state index in [1.165, 1.54) is 0 Å². The summed E-state index contributed by atoms with van der Waals surface area (Å²) < 4.78 is 5.54. The minimum atomic E-state index is -0.498. The molecule has 3 heterocycles. The van der Waals surface area contributed by atoms with Gasteiger partial charge in [0, 0.05) is 18.0 Å². The molecule has 1 fully saturated rings. The van der Waals surface area contributed by atoms with Crippen molar-refractivity contribution < 1.29 is 9.63 Å². The number of rotatable bonds is 8. The Morgan fingerprint density at radius 1 is 1.03 bits per heavy atom. The molecule has 0 radical (unpaired) electrons. The second-order valence-electron chi connectivity index (χ2n) is 9.18. The van der Waals surface area contributed by atoms with Crippen LogP contribution >= 0.6 is 0 Å². The molecule has 1 unspecified atom stereocenters. The molecule has 1 aromatic carbocycles. The van der Waals surface area contributed by atoms with Gasteiger partial charge in [-0.25, -0.2) is 19.9 Å². The number of hydrogen-bond donors (Lipinski definition) is 3. The van der Waals surface area contributed by atoms with Gasteiger partial charge in [0.1, 0.15) is 11.5 Å². The van der Waals surface area contributed by atoms with Gasteiger partial charge in [0.25, 0.3) is 5.89 Å². The molecule has 0 amide bonds. The number of aliphatic hydroxyl groups is 1. The highest BCUT2D eigenvalue weighted by molar-refractivity contribution is 5.62. The minimum Gasteiger partial charge on any atom is -0.394 e. The lowest BCUT2D eigenvalue weighted by atomic mass is 9.92. The number of nitrogens with one attached hydrogen (secondary N) is 1. The van der Waals surface area contributed by atoms with Crippen LogP contribution in [0.2, 0.25) is 0 Å². The van der Waals surface area contributed by atoms with E-state index in [1.807, 2.05) is 26.0 Å². The summed E-state index contributed by atoms with van der Waals surface area (Å²) in [5.41, 5.74) is 8.64. The van der Waals surface area contributed by atoms with Crippen LogP contribution in [0.1, 0.15) is 44.0 Å². The van der Waals surface area contributed by atoms with Crippen LogP contribution in [-0.2, 0) is 0 Å². The Morgan fingerprint density at radius 3 is 2.38 bits per heavy atom. The molecule has 1 aliphatic rings. The predicted molar refractivity (Wildman–Crippen MR) is 127 cm³/mol. The lowest BCUT2D eigenvalue weighted by Crippen LogP contribution is -2.35. The molecule has 10 nitrogen and oxygen atoms in total. The molecule has 5 rings (SSSR count). The number of nitrogens with two attached hydrogens (primary N) is 1. The summed E-state index contributed by atoms with van der Waals surface area (Å²) in [5, 5.41) is 16.8. The van der Waals surface area contributed by atoms with E-state index < -0.39 is 5.54 Å². The van der Waals surface area contributed by atoms with Gasteiger partial charge in [-0.2, -0.15) is 4.98 Å². The maximum atomic E-state index is 9.42. The van der Waals surface area contributed by atoms with Crippen LogP contribution in [0.3, 0.4) is 0 Å². The van der Waals surface area contributed by atoms with E-state index in [0.29, 0.717) is 29.1 Å². The van der Waals surface area contributed by atoms with Crippen molar-refractivity contribution in [1.29, 1.82) is 0 Å². The van der Waals surface area contributed by atoms with Gasteiger partial charge in [0.15, 0.2) is 5.82 Å². The molecular weight excluding hydrogens is 432 g/mol. The highest BCUT2D eigenvalue weighted by Crippen LogP contribution is 2.46. The van der Waals surface area contributed by atoms with Crippen molar-refractivity contribution in [2.45, 2.75) is 38.1 Å². The maximum absolute atomic E-state index is 9.42. The lowest BCUT2D eigenvalue weighted by Gasteiger charge is -2.23. The van der Waals surface area contributed by atoms with Gasteiger partial charge in [0.05, 0.1) is 30.5 Å². The monoisotopic (exact) mass is 458 g/mol. The first-order valence-corrected chi connectivity index (χ1v) is 11.1. The number of aromatic nitrogens is 6. The molecule has 0 bridgehead atoms. The second-order valence-corrected chi connectivity index (χ2v) is 9.18. The molecule has 4 N–H and O–H groups in total. The Hall–Kier alpha value is -3.92. The van der Waals surface area contributed by atoms with Crippen molar-refractivity contribution in [3.8, 4) is 22.7 Å². The first-order chi connectivity index (χ1) is 16.4. The number of aliphatic hydroxyl groups excluding tert-OH is 1. The first kappa shape index (κ1) is 21.9. The summed E-state index contributed by atoms with van der Waals surface area (Å²) in [6, 6.07) is 8.28. The van der Waals surface area contributed by atoms with Gasteiger partial charge < -0.3 is 20.7 Å². The molecule has 1 saturated carbocycles. The molecule has 34 heavy (non-hydrogen) atoms. The van der Waals surface area contributed by atoms with Gasteiger partial charge in [-0.05, 0) is 43.7 Å². The first-order valence-electron chi connectivity index (χ1n) is 11.1. The Morgan fingerprint density at radius 2 is 1.76 bits per heavy atom. The van der Waals surface area contributed by atoms with Crippen molar-refractivity contribution in [2.24, 2.45) is 5.92 Å².